The lowest BCUT2D eigenvalue weighted by Gasteiger charge is -2.19. The van der Waals surface area contributed by atoms with Crippen LogP contribution in [0.3, 0.4) is 0 Å². The molecule has 2 heteroatoms. The minimum absolute atomic E-state index is 0.163. The van der Waals surface area contributed by atoms with E-state index in [1.807, 2.05) is 13.8 Å². The molecule has 0 radical (unpaired) electrons. The monoisotopic (exact) mass is 154 g/mol. The van der Waals surface area contributed by atoms with Crippen LogP contribution in [0.5, 0.6) is 0 Å². The van der Waals surface area contributed by atoms with Crippen molar-refractivity contribution in [2.24, 2.45) is 5.41 Å². The van der Waals surface area contributed by atoms with Crippen molar-refractivity contribution in [1.29, 1.82) is 5.26 Å². The number of nitriles is 1. The summed E-state index contributed by atoms with van der Waals surface area (Å²) in [7, 11) is 2.08. The van der Waals surface area contributed by atoms with Crippen LogP contribution in [0.4, 0.5) is 0 Å². The standard InChI is InChI=1S/C9H18N2/c1-5-11(4)7-6-9(2,3)8-10/h5-7H2,1-4H3. The molecule has 0 heterocycles. The lowest BCUT2D eigenvalue weighted by molar-refractivity contribution is 0.298. The Morgan fingerprint density at radius 3 is 2.36 bits per heavy atom. The van der Waals surface area contributed by atoms with Crippen molar-refractivity contribution >= 4 is 0 Å². The maximum Gasteiger partial charge on any atom is 0.0684 e. The minimum Gasteiger partial charge on any atom is -0.307 e. The van der Waals surface area contributed by atoms with Gasteiger partial charge in [-0.05, 0) is 40.4 Å². The first-order valence-corrected chi connectivity index (χ1v) is 4.11. The average Bonchev–Trinajstić information content (AvgIpc) is 2.00. The van der Waals surface area contributed by atoms with Gasteiger partial charge in [0.2, 0.25) is 0 Å². The van der Waals surface area contributed by atoms with Crippen LogP contribution in [-0.2, 0) is 0 Å². The summed E-state index contributed by atoms with van der Waals surface area (Å²) in [6.45, 7) is 8.16. The van der Waals surface area contributed by atoms with E-state index in [9.17, 15) is 0 Å². The van der Waals surface area contributed by atoms with Gasteiger partial charge >= 0.3 is 0 Å². The molecule has 0 fully saturated rings. The lowest BCUT2D eigenvalue weighted by atomic mass is 9.91. The molecule has 0 aliphatic carbocycles. The molecule has 0 aromatic carbocycles. The van der Waals surface area contributed by atoms with Gasteiger partial charge < -0.3 is 4.90 Å². The van der Waals surface area contributed by atoms with E-state index in [1.54, 1.807) is 0 Å². The van der Waals surface area contributed by atoms with Crippen molar-refractivity contribution in [3.63, 3.8) is 0 Å². The second-order valence-electron chi connectivity index (χ2n) is 3.64. The maximum atomic E-state index is 8.71. The van der Waals surface area contributed by atoms with Gasteiger partial charge in [-0.1, -0.05) is 6.92 Å². The van der Waals surface area contributed by atoms with E-state index in [0.29, 0.717) is 0 Å². The Kier molecular flexibility index (Phi) is 4.14. The first-order valence-electron chi connectivity index (χ1n) is 4.11. The van der Waals surface area contributed by atoms with E-state index in [4.69, 9.17) is 5.26 Å². The van der Waals surface area contributed by atoms with Gasteiger partial charge in [-0.25, -0.2) is 0 Å². The van der Waals surface area contributed by atoms with Gasteiger partial charge in [0.05, 0.1) is 11.5 Å². The minimum atomic E-state index is -0.163. The summed E-state index contributed by atoms with van der Waals surface area (Å²) < 4.78 is 0. The molecule has 0 amide bonds. The highest BCUT2D eigenvalue weighted by atomic mass is 15.1. The molecule has 2 nitrogen and oxygen atoms in total. The second-order valence-corrected chi connectivity index (χ2v) is 3.64. The Labute approximate surface area is 69.8 Å². The molecular weight excluding hydrogens is 136 g/mol. The van der Waals surface area contributed by atoms with E-state index < -0.39 is 0 Å². The van der Waals surface area contributed by atoms with Crippen molar-refractivity contribution < 1.29 is 0 Å². The Morgan fingerprint density at radius 2 is 2.00 bits per heavy atom. The molecular formula is C9H18N2. The summed E-state index contributed by atoms with van der Waals surface area (Å²) in [6, 6.07) is 2.29. The quantitative estimate of drug-likeness (QED) is 0.618. The van der Waals surface area contributed by atoms with Crippen molar-refractivity contribution in [3.05, 3.63) is 0 Å². The van der Waals surface area contributed by atoms with Crippen LogP contribution in [0.2, 0.25) is 0 Å². The highest BCUT2D eigenvalue weighted by molar-refractivity contribution is 4.91. The van der Waals surface area contributed by atoms with Gasteiger partial charge in [0.25, 0.3) is 0 Å². The summed E-state index contributed by atoms with van der Waals surface area (Å²) in [6.07, 6.45) is 0.952. The number of rotatable bonds is 4. The Bertz CT molecular complexity index is 144. The largest absolute Gasteiger partial charge is 0.307 e. The van der Waals surface area contributed by atoms with Crippen LogP contribution in [0.25, 0.3) is 0 Å². The molecule has 11 heavy (non-hydrogen) atoms. The third-order valence-corrected chi connectivity index (χ3v) is 1.96. The molecule has 0 atom stereocenters. The zero-order valence-electron chi connectivity index (χ0n) is 8.02. The highest BCUT2D eigenvalue weighted by Gasteiger charge is 2.16. The van der Waals surface area contributed by atoms with Gasteiger partial charge in [0.1, 0.15) is 0 Å². The molecule has 0 bridgehead atoms. The first-order chi connectivity index (χ1) is 5.02. The fourth-order valence-corrected chi connectivity index (χ4v) is 0.684. The van der Waals surface area contributed by atoms with Gasteiger partial charge in [-0.2, -0.15) is 5.26 Å². The van der Waals surface area contributed by atoms with Crippen molar-refractivity contribution in [1.82, 2.24) is 4.90 Å². The van der Waals surface area contributed by atoms with Gasteiger partial charge in [-0.3, -0.25) is 0 Å². The molecule has 0 aliphatic rings. The van der Waals surface area contributed by atoms with Crippen LogP contribution in [-0.4, -0.2) is 25.0 Å². The van der Waals surface area contributed by atoms with Crippen LogP contribution in [0, 0.1) is 16.7 Å². The molecule has 0 saturated carbocycles. The van der Waals surface area contributed by atoms with Gasteiger partial charge in [0.15, 0.2) is 0 Å². The fourth-order valence-electron chi connectivity index (χ4n) is 0.684. The fraction of sp³-hybridized carbons (Fsp3) is 0.889. The molecule has 0 spiro atoms. The summed E-state index contributed by atoms with van der Waals surface area (Å²) in [5.74, 6) is 0. The second kappa shape index (κ2) is 4.35. The predicted molar refractivity (Wildman–Crippen MR) is 47.2 cm³/mol. The first kappa shape index (κ1) is 10.4. The molecule has 0 saturated heterocycles. The smallest absolute Gasteiger partial charge is 0.0684 e. The molecule has 0 aliphatic heterocycles. The van der Waals surface area contributed by atoms with Crippen LogP contribution < -0.4 is 0 Å². The van der Waals surface area contributed by atoms with E-state index in [2.05, 4.69) is 24.9 Å². The molecule has 0 aromatic heterocycles. The van der Waals surface area contributed by atoms with Gasteiger partial charge in [0, 0.05) is 0 Å². The van der Waals surface area contributed by atoms with Gasteiger partial charge in [-0.15, -0.1) is 0 Å². The van der Waals surface area contributed by atoms with Crippen molar-refractivity contribution in [2.45, 2.75) is 27.2 Å². The van der Waals surface area contributed by atoms with Crippen molar-refractivity contribution in [3.8, 4) is 6.07 Å². The van der Waals surface area contributed by atoms with E-state index >= 15 is 0 Å². The zero-order chi connectivity index (χ0) is 8.91. The number of hydrogen-bond acceptors (Lipinski definition) is 2. The predicted octanol–water partition coefficient (Wildman–Crippen LogP) is 1.88. The molecule has 0 N–H and O–H groups in total. The average molecular weight is 154 g/mol. The Hall–Kier alpha value is -0.550. The van der Waals surface area contributed by atoms with E-state index in [-0.39, 0.29) is 5.41 Å². The SMILES string of the molecule is CCN(C)CCC(C)(C)C#N. The summed E-state index contributed by atoms with van der Waals surface area (Å²) in [4.78, 5) is 2.22. The molecule has 0 aromatic rings. The zero-order valence-corrected chi connectivity index (χ0v) is 8.02. The third-order valence-electron chi connectivity index (χ3n) is 1.96. The topological polar surface area (TPSA) is 27.0 Å². The highest BCUT2D eigenvalue weighted by Crippen LogP contribution is 2.18. The van der Waals surface area contributed by atoms with Crippen LogP contribution in [0.1, 0.15) is 27.2 Å². The van der Waals surface area contributed by atoms with Crippen molar-refractivity contribution in [2.75, 3.05) is 20.1 Å². The Balaban J connectivity index is 3.63. The van der Waals surface area contributed by atoms with Crippen LogP contribution >= 0.6 is 0 Å². The number of hydrogen-bond donors (Lipinski definition) is 0. The summed E-state index contributed by atoms with van der Waals surface area (Å²) in [5.41, 5.74) is -0.163. The lowest BCUT2D eigenvalue weighted by Crippen LogP contribution is -2.23. The maximum absolute atomic E-state index is 8.71. The summed E-state index contributed by atoms with van der Waals surface area (Å²) in [5, 5.41) is 8.71. The number of nitrogens with zero attached hydrogens (tertiary/aromatic N) is 2. The van der Waals surface area contributed by atoms with Crippen LogP contribution in [0.15, 0.2) is 0 Å². The van der Waals surface area contributed by atoms with E-state index in [0.717, 1.165) is 19.5 Å². The van der Waals surface area contributed by atoms with E-state index in [1.165, 1.54) is 0 Å². The normalized spacial score (nSPS) is 11.6. The Morgan fingerprint density at radius 1 is 1.45 bits per heavy atom. The summed E-state index contributed by atoms with van der Waals surface area (Å²) >= 11 is 0. The molecule has 0 rings (SSSR count). The molecule has 64 valence electrons. The molecule has 0 unspecified atom stereocenters. The third kappa shape index (κ3) is 4.80.